The molecular weight excluding hydrogens is 442 g/mol. The zero-order chi connectivity index (χ0) is 22.7. The van der Waals surface area contributed by atoms with Crippen molar-refractivity contribution in [2.24, 2.45) is 0 Å². The maximum atomic E-state index is 13.2. The summed E-state index contributed by atoms with van der Waals surface area (Å²) in [5, 5.41) is 5.32. The summed E-state index contributed by atoms with van der Waals surface area (Å²) < 4.78 is 7.54. The number of aromatic nitrogens is 2. The van der Waals surface area contributed by atoms with Gasteiger partial charge in [0.2, 0.25) is 5.91 Å². The van der Waals surface area contributed by atoms with Crippen LogP contribution in [0, 0.1) is 13.8 Å². The van der Waals surface area contributed by atoms with E-state index >= 15 is 0 Å². The number of fused-ring (bicyclic) bond motifs is 1. The fraction of sp³-hybridized carbons (Fsp3) is 0.208. The Bertz CT molecular complexity index is 1340. The quantitative estimate of drug-likeness (QED) is 0.312. The lowest BCUT2D eigenvalue weighted by Gasteiger charge is -2.13. The Hall–Kier alpha value is -3.10. The van der Waals surface area contributed by atoms with Gasteiger partial charge in [0.05, 0.1) is 24.9 Å². The molecule has 2 aromatic heterocycles. The molecule has 0 saturated heterocycles. The summed E-state index contributed by atoms with van der Waals surface area (Å²) in [7, 11) is 1.61. The summed E-state index contributed by atoms with van der Waals surface area (Å²) in [6.45, 7) is 4.33. The standard InChI is InChI=1S/C24H23N3O3S2/c1-15-7-8-19(16(2)11-15)25-21(28)14-32-24-26-20-9-10-31-22(20)23(29)27(24)13-17-5-4-6-18(12-17)30-3/h4-12H,13-14H2,1-3H3,(H,25,28). The number of methoxy groups -OCH3 is 1. The molecule has 0 fully saturated rings. The molecule has 4 aromatic rings. The monoisotopic (exact) mass is 465 g/mol. The number of amides is 1. The molecular formula is C24H23N3O3S2. The highest BCUT2D eigenvalue weighted by Crippen LogP contribution is 2.23. The van der Waals surface area contributed by atoms with E-state index in [2.05, 4.69) is 10.3 Å². The van der Waals surface area contributed by atoms with E-state index in [9.17, 15) is 9.59 Å². The molecule has 4 rings (SSSR count). The first-order valence-corrected chi connectivity index (χ1v) is 11.9. The first-order chi connectivity index (χ1) is 15.4. The summed E-state index contributed by atoms with van der Waals surface area (Å²) in [5.41, 5.74) is 4.41. The van der Waals surface area contributed by atoms with Crippen LogP contribution in [0.25, 0.3) is 10.2 Å². The van der Waals surface area contributed by atoms with E-state index in [0.29, 0.717) is 21.9 Å². The number of carbonyl (C=O) groups is 1. The first kappa shape index (κ1) is 22.1. The van der Waals surface area contributed by atoms with Gasteiger partial charge in [-0.25, -0.2) is 4.98 Å². The molecule has 2 heterocycles. The van der Waals surface area contributed by atoms with Crippen LogP contribution in [-0.4, -0.2) is 28.3 Å². The fourth-order valence-electron chi connectivity index (χ4n) is 3.40. The number of ether oxygens (including phenoxy) is 1. The van der Waals surface area contributed by atoms with Crippen LogP contribution in [-0.2, 0) is 11.3 Å². The summed E-state index contributed by atoms with van der Waals surface area (Å²) in [4.78, 5) is 30.5. The zero-order valence-electron chi connectivity index (χ0n) is 18.0. The minimum absolute atomic E-state index is 0.106. The van der Waals surface area contributed by atoms with Gasteiger partial charge in [0, 0.05) is 5.69 Å². The van der Waals surface area contributed by atoms with Gasteiger partial charge in [-0.1, -0.05) is 41.6 Å². The Kier molecular flexibility index (Phi) is 6.62. The number of carbonyl (C=O) groups excluding carboxylic acids is 1. The lowest BCUT2D eigenvalue weighted by atomic mass is 10.1. The highest BCUT2D eigenvalue weighted by atomic mass is 32.2. The number of aryl methyl sites for hydroxylation is 2. The third-order valence-electron chi connectivity index (χ3n) is 4.99. The van der Waals surface area contributed by atoms with Gasteiger partial charge in [-0.2, -0.15) is 0 Å². The molecule has 0 radical (unpaired) electrons. The molecule has 2 aromatic carbocycles. The molecule has 0 unspecified atom stereocenters. The van der Waals surface area contributed by atoms with E-state index in [1.165, 1.54) is 23.1 Å². The van der Waals surface area contributed by atoms with E-state index in [0.717, 1.165) is 28.1 Å². The molecule has 0 bridgehead atoms. The third kappa shape index (κ3) is 4.87. The van der Waals surface area contributed by atoms with Gasteiger partial charge in [-0.3, -0.25) is 14.2 Å². The van der Waals surface area contributed by atoms with Crippen molar-refractivity contribution in [3.8, 4) is 5.75 Å². The van der Waals surface area contributed by atoms with E-state index < -0.39 is 0 Å². The van der Waals surface area contributed by atoms with E-state index in [4.69, 9.17) is 4.74 Å². The van der Waals surface area contributed by atoms with Crippen LogP contribution in [0.3, 0.4) is 0 Å². The highest BCUT2D eigenvalue weighted by molar-refractivity contribution is 7.99. The number of hydrogen-bond acceptors (Lipinski definition) is 6. The lowest BCUT2D eigenvalue weighted by Crippen LogP contribution is -2.24. The van der Waals surface area contributed by atoms with Crippen molar-refractivity contribution < 1.29 is 9.53 Å². The minimum Gasteiger partial charge on any atom is -0.497 e. The summed E-state index contributed by atoms with van der Waals surface area (Å²) in [6, 6.07) is 15.3. The SMILES string of the molecule is COc1cccc(Cn2c(SCC(=O)Nc3ccc(C)cc3C)nc3ccsc3c2=O)c1. The number of thioether (sulfide) groups is 1. The van der Waals surface area contributed by atoms with E-state index in [1.54, 1.807) is 11.7 Å². The van der Waals surface area contributed by atoms with Crippen LogP contribution in [0.4, 0.5) is 5.69 Å². The molecule has 32 heavy (non-hydrogen) atoms. The average Bonchev–Trinajstić information content (AvgIpc) is 3.25. The van der Waals surface area contributed by atoms with Crippen LogP contribution in [0.5, 0.6) is 5.75 Å². The third-order valence-corrected chi connectivity index (χ3v) is 6.86. The van der Waals surface area contributed by atoms with Gasteiger partial charge >= 0.3 is 0 Å². The van der Waals surface area contributed by atoms with Gasteiger partial charge in [-0.15, -0.1) is 11.3 Å². The van der Waals surface area contributed by atoms with Crippen molar-refractivity contribution in [3.05, 3.63) is 81.0 Å². The first-order valence-electron chi connectivity index (χ1n) is 10.1. The fourth-order valence-corrected chi connectivity index (χ4v) is 4.97. The largest absolute Gasteiger partial charge is 0.497 e. The number of benzene rings is 2. The van der Waals surface area contributed by atoms with Gasteiger partial charge in [-0.05, 0) is 54.6 Å². The second kappa shape index (κ2) is 9.58. The van der Waals surface area contributed by atoms with Gasteiger partial charge in [0.1, 0.15) is 10.4 Å². The van der Waals surface area contributed by atoms with Crippen LogP contribution >= 0.6 is 23.1 Å². The Balaban J connectivity index is 1.59. The van der Waals surface area contributed by atoms with E-state index in [1.807, 2.05) is 67.8 Å². The van der Waals surface area contributed by atoms with Crippen molar-refractivity contribution in [2.45, 2.75) is 25.5 Å². The maximum Gasteiger partial charge on any atom is 0.272 e. The molecule has 8 heteroatoms. The summed E-state index contributed by atoms with van der Waals surface area (Å²) in [6.07, 6.45) is 0. The molecule has 1 amide bonds. The number of nitrogens with zero attached hydrogens (tertiary/aromatic N) is 2. The van der Waals surface area contributed by atoms with Crippen molar-refractivity contribution in [2.75, 3.05) is 18.2 Å². The Morgan fingerprint density at radius 3 is 2.81 bits per heavy atom. The topological polar surface area (TPSA) is 73.2 Å². The Labute approximate surface area is 194 Å². The number of thiophene rings is 1. The number of anilines is 1. The van der Waals surface area contributed by atoms with Crippen LogP contribution in [0.1, 0.15) is 16.7 Å². The number of nitrogens with one attached hydrogen (secondary N) is 1. The van der Waals surface area contributed by atoms with Gasteiger partial charge < -0.3 is 10.1 Å². The van der Waals surface area contributed by atoms with Gasteiger partial charge in [0.25, 0.3) is 5.56 Å². The van der Waals surface area contributed by atoms with Crippen molar-refractivity contribution in [3.63, 3.8) is 0 Å². The Morgan fingerprint density at radius 2 is 2.03 bits per heavy atom. The molecule has 0 saturated carbocycles. The van der Waals surface area contributed by atoms with Crippen molar-refractivity contribution in [1.29, 1.82) is 0 Å². The minimum atomic E-state index is -0.144. The van der Waals surface area contributed by atoms with Crippen LogP contribution in [0.2, 0.25) is 0 Å². The van der Waals surface area contributed by atoms with Crippen molar-refractivity contribution >= 4 is 44.9 Å². The average molecular weight is 466 g/mol. The number of hydrogen-bond donors (Lipinski definition) is 1. The molecule has 0 spiro atoms. The molecule has 0 aliphatic rings. The zero-order valence-corrected chi connectivity index (χ0v) is 19.7. The molecule has 0 aliphatic heterocycles. The van der Waals surface area contributed by atoms with Crippen LogP contribution < -0.4 is 15.6 Å². The molecule has 0 aliphatic carbocycles. The highest BCUT2D eigenvalue weighted by Gasteiger charge is 2.15. The lowest BCUT2D eigenvalue weighted by molar-refractivity contribution is -0.113. The molecule has 164 valence electrons. The summed E-state index contributed by atoms with van der Waals surface area (Å²) in [5.74, 6) is 0.727. The maximum absolute atomic E-state index is 13.2. The Morgan fingerprint density at radius 1 is 1.19 bits per heavy atom. The number of rotatable bonds is 7. The predicted octanol–water partition coefficient (Wildman–Crippen LogP) is 4.86. The molecule has 1 N–H and O–H groups in total. The molecule has 0 atom stereocenters. The van der Waals surface area contributed by atoms with Gasteiger partial charge in [0.15, 0.2) is 5.16 Å². The second-order valence-electron chi connectivity index (χ2n) is 7.43. The van der Waals surface area contributed by atoms with Crippen LogP contribution in [0.15, 0.2) is 63.9 Å². The van der Waals surface area contributed by atoms with E-state index in [-0.39, 0.29) is 17.2 Å². The normalized spacial score (nSPS) is 11.0. The molecule has 6 nitrogen and oxygen atoms in total. The summed E-state index contributed by atoms with van der Waals surface area (Å²) >= 11 is 2.63. The second-order valence-corrected chi connectivity index (χ2v) is 9.29. The smallest absolute Gasteiger partial charge is 0.272 e. The van der Waals surface area contributed by atoms with Crippen molar-refractivity contribution in [1.82, 2.24) is 9.55 Å². The predicted molar refractivity (Wildman–Crippen MR) is 131 cm³/mol.